The highest BCUT2D eigenvalue weighted by atomic mass is 32.1. The topological polar surface area (TPSA) is 62.0 Å². The third-order valence-electron chi connectivity index (χ3n) is 3.25. The van der Waals surface area contributed by atoms with Crippen molar-refractivity contribution < 1.29 is 9.84 Å². The summed E-state index contributed by atoms with van der Waals surface area (Å²) in [5, 5.41) is 10.3. The van der Waals surface area contributed by atoms with Gasteiger partial charge in [0.25, 0.3) is 0 Å². The number of fused-ring (bicyclic) bond motifs is 3. The molecule has 1 aromatic rings. The van der Waals surface area contributed by atoms with E-state index in [1.54, 1.807) is 18.2 Å². The Morgan fingerprint density at radius 1 is 1.53 bits per heavy atom. The Labute approximate surface area is 121 Å². The third kappa shape index (κ3) is 2.08. The molecule has 0 amide bonds. The molecule has 2 aliphatic rings. The van der Waals surface area contributed by atoms with E-state index in [1.165, 1.54) is 0 Å². The molecular formula is C12H13N3O2S2. The van der Waals surface area contributed by atoms with Crippen molar-refractivity contribution in [2.45, 2.75) is 6.04 Å². The van der Waals surface area contributed by atoms with E-state index < -0.39 is 0 Å². The van der Waals surface area contributed by atoms with Crippen LogP contribution in [-0.4, -0.2) is 45.8 Å². The van der Waals surface area contributed by atoms with Gasteiger partial charge >= 0.3 is 0 Å². The SMILES string of the molecule is NC(=S)CN1CC2COc3ccc(O)cc3N2C1=S. The number of nitrogens with two attached hydrogens (primary N) is 1. The molecule has 7 heteroatoms. The Morgan fingerprint density at radius 3 is 3.05 bits per heavy atom. The van der Waals surface area contributed by atoms with Crippen molar-refractivity contribution >= 4 is 40.2 Å². The molecule has 2 heterocycles. The highest BCUT2D eigenvalue weighted by Crippen LogP contribution is 2.39. The molecule has 3 rings (SSSR count). The van der Waals surface area contributed by atoms with E-state index in [0.717, 1.165) is 18.0 Å². The van der Waals surface area contributed by atoms with Gasteiger partial charge in [0.05, 0.1) is 23.3 Å². The van der Waals surface area contributed by atoms with Gasteiger partial charge in [-0.2, -0.15) is 0 Å². The summed E-state index contributed by atoms with van der Waals surface area (Å²) in [7, 11) is 0. The Hall–Kier alpha value is -1.60. The number of hydrogen-bond donors (Lipinski definition) is 2. The van der Waals surface area contributed by atoms with Crippen molar-refractivity contribution in [2.75, 3.05) is 24.6 Å². The second kappa shape index (κ2) is 4.50. The number of thiocarbonyl (C=S) groups is 2. The number of phenolic OH excluding ortho intramolecular Hbond substituents is 1. The molecular weight excluding hydrogens is 282 g/mol. The molecule has 1 aromatic carbocycles. The largest absolute Gasteiger partial charge is 0.508 e. The average Bonchev–Trinajstić information content (AvgIpc) is 2.66. The van der Waals surface area contributed by atoms with Crippen LogP contribution in [0.2, 0.25) is 0 Å². The lowest BCUT2D eigenvalue weighted by molar-refractivity contribution is 0.269. The molecule has 3 N–H and O–H groups in total. The lowest BCUT2D eigenvalue weighted by atomic mass is 10.2. The van der Waals surface area contributed by atoms with Crippen molar-refractivity contribution in [1.82, 2.24) is 4.90 Å². The maximum Gasteiger partial charge on any atom is 0.177 e. The Balaban J connectivity index is 1.95. The van der Waals surface area contributed by atoms with Gasteiger partial charge < -0.3 is 25.4 Å². The zero-order valence-corrected chi connectivity index (χ0v) is 11.7. The molecule has 5 nitrogen and oxygen atoms in total. The van der Waals surface area contributed by atoms with Crippen molar-refractivity contribution in [2.24, 2.45) is 5.73 Å². The van der Waals surface area contributed by atoms with E-state index in [4.69, 9.17) is 34.9 Å². The molecule has 100 valence electrons. The van der Waals surface area contributed by atoms with E-state index in [2.05, 4.69) is 0 Å². The van der Waals surface area contributed by atoms with Crippen LogP contribution in [0.5, 0.6) is 11.5 Å². The molecule has 0 aromatic heterocycles. The third-order valence-corrected chi connectivity index (χ3v) is 3.84. The smallest absolute Gasteiger partial charge is 0.177 e. The van der Waals surface area contributed by atoms with Crippen LogP contribution < -0.4 is 15.4 Å². The van der Waals surface area contributed by atoms with Gasteiger partial charge in [-0.15, -0.1) is 0 Å². The summed E-state index contributed by atoms with van der Waals surface area (Å²) in [6.07, 6.45) is 0. The number of ether oxygens (including phenoxy) is 1. The normalized spacial score (nSPS) is 20.8. The van der Waals surface area contributed by atoms with Crippen LogP contribution >= 0.6 is 24.4 Å². The van der Waals surface area contributed by atoms with Gasteiger partial charge in [0.2, 0.25) is 0 Å². The first-order valence-corrected chi connectivity index (χ1v) is 6.70. The predicted molar refractivity (Wildman–Crippen MR) is 80.8 cm³/mol. The van der Waals surface area contributed by atoms with E-state index in [0.29, 0.717) is 23.3 Å². The van der Waals surface area contributed by atoms with Crippen LogP contribution in [0.3, 0.4) is 0 Å². The van der Waals surface area contributed by atoms with Gasteiger partial charge in [0.1, 0.15) is 18.1 Å². The van der Waals surface area contributed by atoms with E-state index in [9.17, 15) is 5.11 Å². The summed E-state index contributed by atoms with van der Waals surface area (Å²) in [5.74, 6) is 0.923. The van der Waals surface area contributed by atoms with Crippen LogP contribution in [0.15, 0.2) is 18.2 Å². The number of phenols is 1. The summed E-state index contributed by atoms with van der Waals surface area (Å²) in [5.41, 5.74) is 6.38. The first-order valence-electron chi connectivity index (χ1n) is 5.88. The quantitative estimate of drug-likeness (QED) is 0.784. The maximum absolute atomic E-state index is 9.63. The Bertz CT molecular complexity index is 564. The highest BCUT2D eigenvalue weighted by Gasteiger charge is 2.39. The van der Waals surface area contributed by atoms with Gasteiger partial charge in [0, 0.05) is 12.6 Å². The van der Waals surface area contributed by atoms with Crippen molar-refractivity contribution in [1.29, 1.82) is 0 Å². The number of aromatic hydroxyl groups is 1. The van der Waals surface area contributed by atoms with Gasteiger partial charge in [-0.3, -0.25) is 0 Å². The summed E-state index contributed by atoms with van der Waals surface area (Å²) >= 11 is 10.4. The zero-order valence-electron chi connectivity index (χ0n) is 10.1. The van der Waals surface area contributed by atoms with Gasteiger partial charge in [-0.1, -0.05) is 12.2 Å². The standard InChI is InChI=1S/C12H13N3O2S2/c13-11(18)5-14-4-7-6-17-10-2-1-8(16)3-9(10)15(7)12(14)19/h1-3,7,16H,4-6H2,(H2,13,18). The Kier molecular flexibility index (Phi) is 2.94. The fourth-order valence-corrected chi connectivity index (χ4v) is 3.01. The van der Waals surface area contributed by atoms with E-state index in [1.807, 2.05) is 9.80 Å². The molecule has 0 bridgehead atoms. The van der Waals surface area contributed by atoms with E-state index >= 15 is 0 Å². The number of nitrogens with zero attached hydrogens (tertiary/aromatic N) is 2. The number of rotatable bonds is 2. The average molecular weight is 295 g/mol. The number of anilines is 1. The summed E-state index contributed by atoms with van der Waals surface area (Å²) < 4.78 is 5.69. The van der Waals surface area contributed by atoms with Crippen LogP contribution in [0.4, 0.5) is 5.69 Å². The monoisotopic (exact) mass is 295 g/mol. The molecule has 0 radical (unpaired) electrons. The predicted octanol–water partition coefficient (Wildman–Crippen LogP) is 0.846. The van der Waals surface area contributed by atoms with Crippen LogP contribution in [-0.2, 0) is 0 Å². The minimum atomic E-state index is 0.135. The number of hydrogen-bond acceptors (Lipinski definition) is 4. The lowest BCUT2D eigenvalue weighted by Crippen LogP contribution is -2.41. The lowest BCUT2D eigenvalue weighted by Gasteiger charge is -2.32. The first kappa shape index (κ1) is 12.4. The van der Waals surface area contributed by atoms with Crippen LogP contribution in [0.1, 0.15) is 0 Å². The minimum Gasteiger partial charge on any atom is -0.508 e. The van der Waals surface area contributed by atoms with E-state index in [-0.39, 0.29) is 11.8 Å². The molecule has 0 aliphatic carbocycles. The first-order chi connectivity index (χ1) is 9.06. The molecule has 0 spiro atoms. The van der Waals surface area contributed by atoms with Crippen molar-refractivity contribution in [3.63, 3.8) is 0 Å². The summed E-state index contributed by atoms with van der Waals surface area (Å²) in [4.78, 5) is 4.39. The van der Waals surface area contributed by atoms with Gasteiger partial charge in [0.15, 0.2) is 5.11 Å². The van der Waals surface area contributed by atoms with Crippen molar-refractivity contribution in [3.8, 4) is 11.5 Å². The molecule has 1 atom stereocenters. The maximum atomic E-state index is 9.63. The summed E-state index contributed by atoms with van der Waals surface area (Å²) in [6, 6.07) is 5.15. The number of benzene rings is 1. The molecule has 1 unspecified atom stereocenters. The van der Waals surface area contributed by atoms with Crippen LogP contribution in [0, 0.1) is 0 Å². The van der Waals surface area contributed by atoms with Crippen LogP contribution in [0.25, 0.3) is 0 Å². The molecule has 2 aliphatic heterocycles. The fraction of sp³-hybridized carbons (Fsp3) is 0.333. The highest BCUT2D eigenvalue weighted by molar-refractivity contribution is 7.80. The fourth-order valence-electron chi connectivity index (χ4n) is 2.47. The van der Waals surface area contributed by atoms with Crippen molar-refractivity contribution in [3.05, 3.63) is 18.2 Å². The molecule has 1 saturated heterocycles. The second-order valence-corrected chi connectivity index (χ2v) is 5.51. The zero-order chi connectivity index (χ0) is 13.6. The molecule has 19 heavy (non-hydrogen) atoms. The summed E-state index contributed by atoms with van der Waals surface area (Å²) in [6.45, 7) is 1.76. The Morgan fingerprint density at radius 2 is 2.32 bits per heavy atom. The van der Waals surface area contributed by atoms with Gasteiger partial charge in [-0.25, -0.2) is 0 Å². The van der Waals surface area contributed by atoms with Gasteiger partial charge in [-0.05, 0) is 24.4 Å². The minimum absolute atomic E-state index is 0.135. The second-order valence-electron chi connectivity index (χ2n) is 4.62. The molecule has 0 saturated carbocycles. The molecule has 1 fully saturated rings.